The lowest BCUT2D eigenvalue weighted by Crippen LogP contribution is -1.95. The lowest BCUT2D eigenvalue weighted by Gasteiger charge is -2.10. The lowest BCUT2D eigenvalue weighted by atomic mass is 10.1. The predicted octanol–water partition coefficient (Wildman–Crippen LogP) is 6.94. The molecule has 3 aromatic carbocycles. The van der Waals surface area contributed by atoms with Crippen molar-refractivity contribution in [1.82, 2.24) is 9.97 Å². The van der Waals surface area contributed by atoms with Crippen LogP contribution >= 0.6 is 23.4 Å². The molecule has 0 saturated heterocycles. The Balaban J connectivity index is 1.76. The van der Waals surface area contributed by atoms with Gasteiger partial charge >= 0.3 is 0 Å². The van der Waals surface area contributed by atoms with Crippen molar-refractivity contribution in [2.45, 2.75) is 24.1 Å². The fourth-order valence-corrected chi connectivity index (χ4v) is 4.03. The van der Waals surface area contributed by atoms with E-state index in [1.807, 2.05) is 30.3 Å². The Morgan fingerprint density at radius 1 is 0.893 bits per heavy atom. The lowest BCUT2D eigenvalue weighted by molar-refractivity contribution is 0.628. The topological polar surface area (TPSA) is 25.8 Å². The van der Waals surface area contributed by atoms with E-state index < -0.39 is 0 Å². The van der Waals surface area contributed by atoms with Gasteiger partial charge < -0.3 is 0 Å². The van der Waals surface area contributed by atoms with Gasteiger partial charge in [0, 0.05) is 21.7 Å². The summed E-state index contributed by atoms with van der Waals surface area (Å²) in [7, 11) is 0. The van der Waals surface area contributed by atoms with E-state index in [0.717, 1.165) is 38.7 Å². The molecule has 140 valence electrons. The predicted molar refractivity (Wildman–Crippen MR) is 115 cm³/mol. The van der Waals surface area contributed by atoms with Gasteiger partial charge in [0.2, 0.25) is 0 Å². The third-order valence-corrected chi connectivity index (χ3v) is 5.84. The minimum atomic E-state index is -0.269. The van der Waals surface area contributed by atoms with Gasteiger partial charge in [0.25, 0.3) is 0 Å². The first-order valence-corrected chi connectivity index (χ1v) is 10.4. The van der Waals surface area contributed by atoms with E-state index in [1.54, 1.807) is 23.9 Å². The maximum atomic E-state index is 13.3. The Morgan fingerprint density at radius 3 is 2.32 bits per heavy atom. The molecule has 0 saturated carbocycles. The first-order valence-electron chi connectivity index (χ1n) is 9.06. The van der Waals surface area contributed by atoms with Crippen molar-refractivity contribution in [2.24, 2.45) is 0 Å². The van der Waals surface area contributed by atoms with E-state index >= 15 is 0 Å². The SMILES string of the molecule is CCc1ccc2nc(-c3ccc(F)cc3)nc(SCc3ccc(Cl)cc3)c2c1. The highest BCUT2D eigenvalue weighted by molar-refractivity contribution is 7.98. The van der Waals surface area contributed by atoms with Gasteiger partial charge in [-0.1, -0.05) is 36.7 Å². The summed E-state index contributed by atoms with van der Waals surface area (Å²) in [6.45, 7) is 2.13. The molecule has 0 amide bonds. The highest BCUT2D eigenvalue weighted by atomic mass is 35.5. The van der Waals surface area contributed by atoms with Gasteiger partial charge in [-0.2, -0.15) is 0 Å². The standard InChI is InChI=1S/C23H18ClFN2S/c1-2-15-5-12-21-20(13-15)23(28-14-16-3-8-18(24)9-4-16)27-22(26-21)17-6-10-19(25)11-7-17/h3-13H,2,14H2,1H3. The normalized spacial score (nSPS) is 11.1. The Hall–Kier alpha value is -2.43. The second kappa shape index (κ2) is 8.29. The largest absolute Gasteiger partial charge is 0.228 e. The molecule has 28 heavy (non-hydrogen) atoms. The van der Waals surface area contributed by atoms with Crippen LogP contribution in [0.25, 0.3) is 22.3 Å². The van der Waals surface area contributed by atoms with Crippen LogP contribution in [-0.4, -0.2) is 9.97 Å². The number of hydrogen-bond donors (Lipinski definition) is 0. The average Bonchev–Trinajstić information content (AvgIpc) is 2.73. The van der Waals surface area contributed by atoms with Crippen LogP contribution < -0.4 is 0 Å². The van der Waals surface area contributed by atoms with Crippen LogP contribution in [0, 0.1) is 5.82 Å². The van der Waals surface area contributed by atoms with Crippen LogP contribution in [0.15, 0.2) is 71.8 Å². The van der Waals surface area contributed by atoms with Crippen LogP contribution in [0.4, 0.5) is 4.39 Å². The summed E-state index contributed by atoms with van der Waals surface area (Å²) in [5, 5.41) is 2.70. The molecule has 0 aliphatic carbocycles. The molecule has 4 aromatic rings. The zero-order valence-electron chi connectivity index (χ0n) is 15.3. The van der Waals surface area contributed by atoms with Gasteiger partial charge in [0.1, 0.15) is 10.8 Å². The van der Waals surface area contributed by atoms with Crippen molar-refractivity contribution in [3.05, 3.63) is 88.7 Å². The fourth-order valence-electron chi connectivity index (χ4n) is 2.94. The Bertz CT molecular complexity index is 1110. The first-order chi connectivity index (χ1) is 13.6. The second-order valence-electron chi connectivity index (χ2n) is 6.48. The van der Waals surface area contributed by atoms with Gasteiger partial charge in [-0.3, -0.25) is 0 Å². The average molecular weight is 409 g/mol. The molecule has 0 aliphatic rings. The number of hydrogen-bond acceptors (Lipinski definition) is 3. The molecule has 0 unspecified atom stereocenters. The maximum absolute atomic E-state index is 13.3. The number of fused-ring (bicyclic) bond motifs is 1. The van der Waals surface area contributed by atoms with Crippen molar-refractivity contribution >= 4 is 34.3 Å². The van der Waals surface area contributed by atoms with Crippen molar-refractivity contribution < 1.29 is 4.39 Å². The fraction of sp³-hybridized carbons (Fsp3) is 0.130. The summed E-state index contributed by atoms with van der Waals surface area (Å²) in [6, 6.07) is 20.4. The highest BCUT2D eigenvalue weighted by Crippen LogP contribution is 2.31. The minimum absolute atomic E-state index is 0.269. The molecule has 5 heteroatoms. The summed E-state index contributed by atoms with van der Waals surface area (Å²) < 4.78 is 13.3. The van der Waals surface area contributed by atoms with Crippen molar-refractivity contribution in [2.75, 3.05) is 0 Å². The van der Waals surface area contributed by atoms with Crippen LogP contribution in [0.5, 0.6) is 0 Å². The zero-order valence-corrected chi connectivity index (χ0v) is 16.9. The van der Waals surface area contributed by atoms with Crippen molar-refractivity contribution in [1.29, 1.82) is 0 Å². The van der Waals surface area contributed by atoms with E-state index in [1.165, 1.54) is 23.3 Å². The van der Waals surface area contributed by atoms with Gasteiger partial charge in [-0.05, 0) is 66.1 Å². The molecule has 0 fully saturated rings. The summed E-state index contributed by atoms with van der Waals surface area (Å²) in [6.07, 6.45) is 0.955. The molecule has 0 N–H and O–H groups in total. The van der Waals surface area contributed by atoms with Crippen LogP contribution in [0.3, 0.4) is 0 Å². The molecular formula is C23H18ClFN2S. The number of halogens is 2. The van der Waals surface area contributed by atoms with Gasteiger partial charge in [0.05, 0.1) is 5.52 Å². The number of aryl methyl sites for hydroxylation is 1. The third kappa shape index (κ3) is 4.18. The summed E-state index contributed by atoms with van der Waals surface area (Å²) >= 11 is 7.66. The Kier molecular flexibility index (Phi) is 5.60. The number of nitrogens with zero attached hydrogens (tertiary/aromatic N) is 2. The first kappa shape index (κ1) is 18.9. The summed E-state index contributed by atoms with van der Waals surface area (Å²) in [4.78, 5) is 9.53. The number of rotatable bonds is 5. The quantitative estimate of drug-likeness (QED) is 0.264. The molecule has 0 bridgehead atoms. The molecule has 1 aromatic heterocycles. The second-order valence-corrected chi connectivity index (χ2v) is 7.88. The zero-order chi connectivity index (χ0) is 19.5. The molecule has 0 aliphatic heterocycles. The van der Waals surface area contributed by atoms with Crippen molar-refractivity contribution in [3.8, 4) is 11.4 Å². The summed E-state index contributed by atoms with van der Waals surface area (Å²) in [5.74, 6) is 1.12. The maximum Gasteiger partial charge on any atom is 0.161 e. The van der Waals surface area contributed by atoms with E-state index in [2.05, 4.69) is 19.1 Å². The molecule has 2 nitrogen and oxygen atoms in total. The van der Waals surface area contributed by atoms with Gasteiger partial charge in [-0.25, -0.2) is 14.4 Å². The Morgan fingerprint density at radius 2 is 1.61 bits per heavy atom. The van der Waals surface area contributed by atoms with Crippen LogP contribution in [-0.2, 0) is 12.2 Å². The Labute approximate surface area is 172 Å². The number of thioether (sulfide) groups is 1. The van der Waals surface area contributed by atoms with Gasteiger partial charge in [0.15, 0.2) is 5.82 Å². The summed E-state index contributed by atoms with van der Waals surface area (Å²) in [5.41, 5.74) is 4.12. The molecule has 1 heterocycles. The van der Waals surface area contributed by atoms with Crippen molar-refractivity contribution in [3.63, 3.8) is 0 Å². The van der Waals surface area contributed by atoms with E-state index in [-0.39, 0.29) is 5.82 Å². The van der Waals surface area contributed by atoms with Crippen LogP contribution in [0.1, 0.15) is 18.1 Å². The highest BCUT2D eigenvalue weighted by Gasteiger charge is 2.11. The van der Waals surface area contributed by atoms with E-state index in [4.69, 9.17) is 21.6 Å². The molecule has 0 spiro atoms. The van der Waals surface area contributed by atoms with Crippen LogP contribution in [0.2, 0.25) is 5.02 Å². The van der Waals surface area contributed by atoms with Gasteiger partial charge in [-0.15, -0.1) is 11.8 Å². The molecule has 4 rings (SSSR count). The monoisotopic (exact) mass is 408 g/mol. The molecule has 0 atom stereocenters. The smallest absolute Gasteiger partial charge is 0.161 e. The number of benzene rings is 3. The third-order valence-electron chi connectivity index (χ3n) is 4.52. The molecular weight excluding hydrogens is 391 g/mol. The number of aromatic nitrogens is 2. The minimum Gasteiger partial charge on any atom is -0.228 e. The van der Waals surface area contributed by atoms with E-state index in [0.29, 0.717) is 5.82 Å². The van der Waals surface area contributed by atoms with E-state index in [9.17, 15) is 4.39 Å². The molecule has 0 radical (unpaired) electrons.